The van der Waals surface area contributed by atoms with Crippen molar-refractivity contribution in [3.05, 3.63) is 59.9 Å². The minimum absolute atomic E-state index is 0.00475. The zero-order chi connectivity index (χ0) is 15.5. The van der Waals surface area contributed by atoms with E-state index in [1.54, 1.807) is 24.5 Å². The van der Waals surface area contributed by atoms with Gasteiger partial charge in [-0.25, -0.2) is 13.6 Å². The van der Waals surface area contributed by atoms with Crippen LogP contribution in [-0.2, 0) is 10.0 Å². The SMILES string of the molecule is CC(N[C@H](C)c1ccncc1)c1cccc(S(N)(=O)=O)c1. The van der Waals surface area contributed by atoms with Crippen LogP contribution in [0.2, 0.25) is 0 Å². The number of hydrogen-bond acceptors (Lipinski definition) is 4. The first kappa shape index (κ1) is 15.6. The van der Waals surface area contributed by atoms with Gasteiger partial charge in [0.25, 0.3) is 0 Å². The molecular formula is C15H19N3O2S. The van der Waals surface area contributed by atoms with E-state index in [-0.39, 0.29) is 17.0 Å². The van der Waals surface area contributed by atoms with Crippen molar-refractivity contribution < 1.29 is 8.42 Å². The average Bonchev–Trinajstić information content (AvgIpc) is 2.47. The first-order valence-corrected chi connectivity index (χ1v) is 8.21. The summed E-state index contributed by atoms with van der Waals surface area (Å²) in [6, 6.07) is 10.7. The van der Waals surface area contributed by atoms with Crippen LogP contribution in [0.1, 0.15) is 37.1 Å². The molecule has 3 N–H and O–H groups in total. The van der Waals surface area contributed by atoms with Crippen LogP contribution in [0.5, 0.6) is 0 Å². The zero-order valence-corrected chi connectivity index (χ0v) is 12.8. The van der Waals surface area contributed by atoms with Gasteiger partial charge < -0.3 is 5.32 Å². The number of pyridine rings is 1. The first-order chi connectivity index (χ1) is 9.88. The largest absolute Gasteiger partial charge is 0.304 e. The molecule has 0 saturated heterocycles. The Morgan fingerprint density at radius 3 is 2.29 bits per heavy atom. The van der Waals surface area contributed by atoms with Gasteiger partial charge in [0.15, 0.2) is 0 Å². The molecule has 0 radical (unpaired) electrons. The van der Waals surface area contributed by atoms with Gasteiger partial charge in [-0.3, -0.25) is 4.98 Å². The van der Waals surface area contributed by atoms with Gasteiger partial charge in [0, 0.05) is 24.5 Å². The Labute approximate surface area is 125 Å². The number of aromatic nitrogens is 1. The van der Waals surface area contributed by atoms with Gasteiger partial charge in [-0.2, -0.15) is 0 Å². The van der Waals surface area contributed by atoms with Gasteiger partial charge >= 0.3 is 0 Å². The van der Waals surface area contributed by atoms with Crippen molar-refractivity contribution in [2.24, 2.45) is 5.14 Å². The molecule has 0 bridgehead atoms. The minimum Gasteiger partial charge on any atom is -0.304 e. The van der Waals surface area contributed by atoms with Gasteiger partial charge in [0.1, 0.15) is 0 Å². The number of rotatable bonds is 5. The molecule has 1 aromatic carbocycles. The molecule has 0 aliphatic carbocycles. The molecule has 2 atom stereocenters. The van der Waals surface area contributed by atoms with E-state index in [1.165, 1.54) is 6.07 Å². The second kappa shape index (κ2) is 6.34. The maximum absolute atomic E-state index is 11.4. The first-order valence-electron chi connectivity index (χ1n) is 6.66. The molecular weight excluding hydrogens is 286 g/mol. The highest BCUT2D eigenvalue weighted by molar-refractivity contribution is 7.89. The topological polar surface area (TPSA) is 85.1 Å². The molecule has 0 fully saturated rings. The Bertz CT molecular complexity index is 702. The van der Waals surface area contributed by atoms with Crippen LogP contribution in [0.15, 0.2) is 53.7 Å². The summed E-state index contributed by atoms with van der Waals surface area (Å²) in [7, 11) is -3.68. The molecule has 0 spiro atoms. The van der Waals surface area contributed by atoms with E-state index in [4.69, 9.17) is 5.14 Å². The number of nitrogens with two attached hydrogens (primary N) is 1. The Balaban J connectivity index is 2.16. The van der Waals surface area contributed by atoms with E-state index < -0.39 is 10.0 Å². The quantitative estimate of drug-likeness (QED) is 0.886. The van der Waals surface area contributed by atoms with E-state index in [9.17, 15) is 8.42 Å². The predicted octanol–water partition coefficient (Wildman–Crippen LogP) is 2.14. The van der Waals surface area contributed by atoms with Gasteiger partial charge in [0.2, 0.25) is 10.0 Å². The summed E-state index contributed by atoms with van der Waals surface area (Å²) in [5.74, 6) is 0. The van der Waals surface area contributed by atoms with Crippen molar-refractivity contribution in [1.29, 1.82) is 0 Å². The Morgan fingerprint density at radius 2 is 1.67 bits per heavy atom. The number of benzene rings is 1. The zero-order valence-electron chi connectivity index (χ0n) is 12.0. The summed E-state index contributed by atoms with van der Waals surface area (Å²) in [6.45, 7) is 4.04. The van der Waals surface area contributed by atoms with Crippen molar-refractivity contribution in [1.82, 2.24) is 10.3 Å². The lowest BCUT2D eigenvalue weighted by atomic mass is 10.1. The lowest BCUT2D eigenvalue weighted by molar-refractivity contribution is 0.493. The second-order valence-electron chi connectivity index (χ2n) is 5.01. The lowest BCUT2D eigenvalue weighted by Gasteiger charge is -2.21. The Hall–Kier alpha value is -1.76. The minimum atomic E-state index is -3.68. The summed E-state index contributed by atoms with van der Waals surface area (Å²) in [5.41, 5.74) is 2.00. The molecule has 6 heteroatoms. The average molecular weight is 305 g/mol. The second-order valence-corrected chi connectivity index (χ2v) is 6.57. The van der Waals surface area contributed by atoms with Gasteiger partial charge in [-0.1, -0.05) is 12.1 Å². The highest BCUT2D eigenvalue weighted by Gasteiger charge is 2.14. The van der Waals surface area contributed by atoms with Crippen molar-refractivity contribution in [2.45, 2.75) is 30.8 Å². The smallest absolute Gasteiger partial charge is 0.238 e. The fourth-order valence-corrected chi connectivity index (χ4v) is 2.75. The van der Waals surface area contributed by atoms with Crippen LogP contribution >= 0.6 is 0 Å². The van der Waals surface area contributed by atoms with Gasteiger partial charge in [-0.15, -0.1) is 0 Å². The van der Waals surface area contributed by atoms with Crippen LogP contribution in [0.4, 0.5) is 0 Å². The van der Waals surface area contributed by atoms with Crippen molar-refractivity contribution in [3.63, 3.8) is 0 Å². The third kappa shape index (κ3) is 4.10. The fourth-order valence-electron chi connectivity index (χ4n) is 2.18. The van der Waals surface area contributed by atoms with E-state index in [0.717, 1.165) is 11.1 Å². The number of sulfonamides is 1. The molecule has 0 saturated carbocycles. The Morgan fingerprint density at radius 1 is 1.05 bits per heavy atom. The van der Waals surface area contributed by atoms with E-state index in [2.05, 4.69) is 17.2 Å². The molecule has 0 aliphatic heterocycles. The summed E-state index contributed by atoms with van der Waals surface area (Å²) in [4.78, 5) is 4.13. The molecule has 1 aromatic heterocycles. The van der Waals surface area contributed by atoms with Crippen LogP contribution in [0.25, 0.3) is 0 Å². The molecule has 1 unspecified atom stereocenters. The third-order valence-electron chi connectivity index (χ3n) is 3.39. The lowest BCUT2D eigenvalue weighted by Crippen LogP contribution is -2.23. The van der Waals surface area contributed by atoms with E-state index in [1.807, 2.05) is 25.1 Å². The van der Waals surface area contributed by atoms with Crippen LogP contribution in [0, 0.1) is 0 Å². The summed E-state index contributed by atoms with van der Waals surface area (Å²) < 4.78 is 22.8. The molecule has 2 aromatic rings. The number of nitrogens with one attached hydrogen (secondary N) is 1. The van der Waals surface area contributed by atoms with Gasteiger partial charge in [-0.05, 0) is 49.2 Å². The molecule has 0 aliphatic rings. The highest BCUT2D eigenvalue weighted by Crippen LogP contribution is 2.20. The van der Waals surface area contributed by atoms with Crippen LogP contribution in [-0.4, -0.2) is 13.4 Å². The number of primary sulfonamides is 1. The van der Waals surface area contributed by atoms with Crippen LogP contribution in [0.3, 0.4) is 0 Å². The number of hydrogen-bond donors (Lipinski definition) is 2. The highest BCUT2D eigenvalue weighted by atomic mass is 32.2. The predicted molar refractivity (Wildman–Crippen MR) is 82.0 cm³/mol. The monoisotopic (exact) mass is 305 g/mol. The molecule has 2 rings (SSSR count). The fraction of sp³-hybridized carbons (Fsp3) is 0.267. The molecule has 21 heavy (non-hydrogen) atoms. The Kier molecular flexibility index (Phi) is 4.72. The summed E-state index contributed by atoms with van der Waals surface area (Å²) in [6.07, 6.45) is 3.50. The maximum atomic E-state index is 11.4. The molecule has 5 nitrogen and oxygen atoms in total. The van der Waals surface area contributed by atoms with E-state index in [0.29, 0.717) is 0 Å². The standard InChI is InChI=1S/C15H19N3O2S/c1-11(13-6-8-17-9-7-13)18-12(2)14-4-3-5-15(10-14)21(16,19)20/h3-12,18H,1-2H3,(H2,16,19,20)/t11-,12?/m1/s1. The van der Waals surface area contributed by atoms with Crippen molar-refractivity contribution in [3.8, 4) is 0 Å². The number of nitrogens with zero attached hydrogens (tertiary/aromatic N) is 1. The van der Waals surface area contributed by atoms with Crippen molar-refractivity contribution in [2.75, 3.05) is 0 Å². The van der Waals surface area contributed by atoms with Crippen molar-refractivity contribution >= 4 is 10.0 Å². The molecule has 112 valence electrons. The third-order valence-corrected chi connectivity index (χ3v) is 4.30. The molecule has 0 amide bonds. The maximum Gasteiger partial charge on any atom is 0.238 e. The molecule has 1 heterocycles. The van der Waals surface area contributed by atoms with Gasteiger partial charge in [0.05, 0.1) is 4.90 Å². The van der Waals surface area contributed by atoms with E-state index >= 15 is 0 Å². The summed E-state index contributed by atoms with van der Waals surface area (Å²) >= 11 is 0. The normalized spacial score (nSPS) is 14.6. The summed E-state index contributed by atoms with van der Waals surface area (Å²) in [5, 5.41) is 8.59. The van der Waals surface area contributed by atoms with Crippen LogP contribution < -0.4 is 10.5 Å².